The molecule has 2 aliphatic heterocycles. The van der Waals surface area contributed by atoms with Crippen LogP contribution < -0.4 is 4.90 Å². The zero-order valence-corrected chi connectivity index (χ0v) is 18.1. The van der Waals surface area contributed by atoms with Crippen LogP contribution in [0, 0.1) is 0 Å². The molecule has 0 N–H and O–H groups in total. The zero-order valence-electron chi connectivity index (χ0n) is 17.3. The van der Waals surface area contributed by atoms with E-state index in [2.05, 4.69) is 22.0 Å². The number of aromatic nitrogens is 1. The molecule has 1 atom stereocenters. The second-order valence-electron chi connectivity index (χ2n) is 8.85. The summed E-state index contributed by atoms with van der Waals surface area (Å²) in [5.41, 5.74) is 4.37. The summed E-state index contributed by atoms with van der Waals surface area (Å²) in [5, 5.41) is 0.725. The molecule has 0 aliphatic carbocycles. The van der Waals surface area contributed by atoms with Gasteiger partial charge in [-0.05, 0) is 81.0 Å². The Balaban J connectivity index is 1.62. The van der Waals surface area contributed by atoms with Crippen LogP contribution >= 0.6 is 11.6 Å². The van der Waals surface area contributed by atoms with Gasteiger partial charge in [0.2, 0.25) is 0 Å². The summed E-state index contributed by atoms with van der Waals surface area (Å²) < 4.78 is 5.66. The fourth-order valence-corrected chi connectivity index (χ4v) is 4.63. The average Bonchev–Trinajstić information content (AvgIpc) is 3.16. The number of benzene rings is 1. The Kier molecular flexibility index (Phi) is 5.43. The number of carbonyl (C=O) groups excluding carboxylic acids is 1. The Bertz CT molecular complexity index is 895. The second kappa shape index (κ2) is 7.86. The van der Waals surface area contributed by atoms with E-state index in [1.807, 2.05) is 44.0 Å². The molecule has 0 bridgehead atoms. The van der Waals surface area contributed by atoms with Crippen LogP contribution in [0.25, 0.3) is 0 Å². The second-order valence-corrected chi connectivity index (χ2v) is 9.28. The monoisotopic (exact) mass is 413 g/mol. The minimum atomic E-state index is -0.498. The van der Waals surface area contributed by atoms with Crippen LogP contribution in [-0.2, 0) is 17.7 Å². The van der Waals surface area contributed by atoms with Gasteiger partial charge in [0.05, 0.1) is 17.9 Å². The molecular formula is C23H28ClN3O2. The Morgan fingerprint density at radius 3 is 2.83 bits per heavy atom. The molecule has 0 radical (unpaired) electrons. The van der Waals surface area contributed by atoms with Crippen molar-refractivity contribution in [1.29, 1.82) is 0 Å². The lowest BCUT2D eigenvalue weighted by Crippen LogP contribution is -2.37. The van der Waals surface area contributed by atoms with Crippen molar-refractivity contribution in [1.82, 2.24) is 9.88 Å². The van der Waals surface area contributed by atoms with Crippen molar-refractivity contribution in [3.63, 3.8) is 0 Å². The first-order chi connectivity index (χ1) is 13.8. The highest BCUT2D eigenvalue weighted by atomic mass is 35.5. The molecule has 1 aromatic heterocycles. The van der Waals surface area contributed by atoms with Gasteiger partial charge in [-0.3, -0.25) is 4.98 Å². The SMILES string of the molecule is CC(C)(C)OC(=O)N1CCCC1c1cc(Cl)cc2c1CCN(c1cccnc1)C2. The van der Waals surface area contributed by atoms with E-state index < -0.39 is 5.60 Å². The number of ether oxygens (including phenoxy) is 1. The first-order valence-corrected chi connectivity index (χ1v) is 10.7. The van der Waals surface area contributed by atoms with Crippen LogP contribution in [0.4, 0.5) is 10.5 Å². The number of anilines is 1. The van der Waals surface area contributed by atoms with Gasteiger partial charge in [-0.1, -0.05) is 11.6 Å². The lowest BCUT2D eigenvalue weighted by atomic mass is 9.89. The molecule has 1 fully saturated rings. The number of nitrogens with zero attached hydrogens (tertiary/aromatic N) is 3. The summed E-state index contributed by atoms with van der Waals surface area (Å²) in [6.45, 7) is 8.17. The average molecular weight is 414 g/mol. The minimum Gasteiger partial charge on any atom is -0.444 e. The summed E-state index contributed by atoms with van der Waals surface area (Å²) in [4.78, 5) is 21.2. The van der Waals surface area contributed by atoms with Gasteiger partial charge >= 0.3 is 6.09 Å². The third kappa shape index (κ3) is 4.35. The Morgan fingerprint density at radius 1 is 1.28 bits per heavy atom. The van der Waals surface area contributed by atoms with Gasteiger partial charge in [0.15, 0.2) is 0 Å². The molecule has 0 spiro atoms. The normalized spacial score (nSPS) is 19.2. The van der Waals surface area contributed by atoms with Crippen LogP contribution in [-0.4, -0.2) is 34.7 Å². The number of hydrogen-bond donors (Lipinski definition) is 0. The van der Waals surface area contributed by atoms with Crippen LogP contribution in [0.2, 0.25) is 5.02 Å². The zero-order chi connectivity index (χ0) is 20.6. The van der Waals surface area contributed by atoms with Crippen LogP contribution in [0.3, 0.4) is 0 Å². The van der Waals surface area contributed by atoms with E-state index in [0.717, 1.165) is 49.6 Å². The van der Waals surface area contributed by atoms with Gasteiger partial charge in [-0.2, -0.15) is 0 Å². The number of fused-ring (bicyclic) bond motifs is 1. The van der Waals surface area contributed by atoms with Gasteiger partial charge in [-0.25, -0.2) is 4.79 Å². The molecule has 6 heteroatoms. The fourth-order valence-electron chi connectivity index (χ4n) is 4.38. The molecule has 5 nitrogen and oxygen atoms in total. The highest BCUT2D eigenvalue weighted by Crippen LogP contribution is 2.39. The highest BCUT2D eigenvalue weighted by molar-refractivity contribution is 6.30. The molecule has 1 amide bonds. The molecule has 0 saturated carbocycles. The summed E-state index contributed by atoms with van der Waals surface area (Å²) in [6.07, 6.45) is 6.31. The Hall–Kier alpha value is -2.27. The number of hydrogen-bond acceptors (Lipinski definition) is 4. The van der Waals surface area contributed by atoms with Gasteiger partial charge in [0, 0.05) is 30.9 Å². The molecule has 1 unspecified atom stereocenters. The third-order valence-corrected chi connectivity index (χ3v) is 5.80. The van der Waals surface area contributed by atoms with Crippen LogP contribution in [0.15, 0.2) is 36.7 Å². The summed E-state index contributed by atoms with van der Waals surface area (Å²) in [6, 6.07) is 8.20. The van der Waals surface area contributed by atoms with Crippen molar-refractivity contribution in [2.45, 2.75) is 58.2 Å². The molecule has 2 aliphatic rings. The number of carbonyl (C=O) groups is 1. The standard InChI is InChI=1S/C23H28ClN3O2/c1-23(2,3)29-22(28)27-10-5-7-21(27)20-13-17(24)12-16-15-26(11-8-19(16)20)18-6-4-9-25-14-18/h4,6,9,12-14,21H,5,7-8,10-11,15H2,1-3H3. The third-order valence-electron chi connectivity index (χ3n) is 5.59. The lowest BCUT2D eigenvalue weighted by molar-refractivity contribution is 0.0224. The molecule has 2 aromatic rings. The van der Waals surface area contributed by atoms with Crippen molar-refractivity contribution in [3.05, 3.63) is 58.4 Å². The lowest BCUT2D eigenvalue weighted by Gasteiger charge is -2.35. The molecule has 1 saturated heterocycles. The van der Waals surface area contributed by atoms with E-state index in [0.29, 0.717) is 0 Å². The van der Waals surface area contributed by atoms with E-state index in [4.69, 9.17) is 16.3 Å². The number of rotatable bonds is 2. The molecule has 1 aromatic carbocycles. The summed E-state index contributed by atoms with van der Waals surface area (Å²) >= 11 is 6.52. The molecule has 29 heavy (non-hydrogen) atoms. The predicted octanol–water partition coefficient (Wildman–Crippen LogP) is 5.37. The number of amides is 1. The van der Waals surface area contributed by atoms with E-state index >= 15 is 0 Å². The fraction of sp³-hybridized carbons (Fsp3) is 0.478. The number of likely N-dealkylation sites (tertiary alicyclic amines) is 1. The van der Waals surface area contributed by atoms with Crippen molar-refractivity contribution in [3.8, 4) is 0 Å². The Labute approximate surface area is 177 Å². The largest absolute Gasteiger partial charge is 0.444 e. The molecule has 4 rings (SSSR count). The Morgan fingerprint density at radius 2 is 2.10 bits per heavy atom. The van der Waals surface area contributed by atoms with E-state index in [-0.39, 0.29) is 12.1 Å². The number of halogens is 1. The van der Waals surface area contributed by atoms with Gasteiger partial charge < -0.3 is 14.5 Å². The van der Waals surface area contributed by atoms with E-state index in [1.54, 1.807) is 6.20 Å². The van der Waals surface area contributed by atoms with Gasteiger partial charge in [0.25, 0.3) is 0 Å². The molecular weight excluding hydrogens is 386 g/mol. The molecule has 154 valence electrons. The summed E-state index contributed by atoms with van der Waals surface area (Å²) in [5.74, 6) is 0. The maximum atomic E-state index is 12.8. The van der Waals surface area contributed by atoms with Crippen molar-refractivity contribution < 1.29 is 9.53 Å². The van der Waals surface area contributed by atoms with E-state index in [1.165, 1.54) is 16.7 Å². The van der Waals surface area contributed by atoms with Crippen molar-refractivity contribution in [2.75, 3.05) is 18.0 Å². The maximum Gasteiger partial charge on any atom is 0.410 e. The van der Waals surface area contributed by atoms with Gasteiger partial charge in [0.1, 0.15) is 5.60 Å². The van der Waals surface area contributed by atoms with Crippen molar-refractivity contribution in [2.24, 2.45) is 0 Å². The van der Waals surface area contributed by atoms with E-state index in [9.17, 15) is 4.79 Å². The van der Waals surface area contributed by atoms with Crippen LogP contribution in [0.1, 0.15) is 56.3 Å². The first kappa shape index (κ1) is 20.0. The number of pyridine rings is 1. The molecule has 3 heterocycles. The van der Waals surface area contributed by atoms with Gasteiger partial charge in [-0.15, -0.1) is 0 Å². The summed E-state index contributed by atoms with van der Waals surface area (Å²) in [7, 11) is 0. The maximum absolute atomic E-state index is 12.8. The van der Waals surface area contributed by atoms with Crippen LogP contribution in [0.5, 0.6) is 0 Å². The first-order valence-electron chi connectivity index (χ1n) is 10.3. The quantitative estimate of drug-likeness (QED) is 0.663. The minimum absolute atomic E-state index is 0.0299. The topological polar surface area (TPSA) is 45.7 Å². The van der Waals surface area contributed by atoms with Crippen molar-refractivity contribution >= 4 is 23.4 Å². The predicted molar refractivity (Wildman–Crippen MR) is 115 cm³/mol. The smallest absolute Gasteiger partial charge is 0.410 e. The highest BCUT2D eigenvalue weighted by Gasteiger charge is 2.35.